The summed E-state index contributed by atoms with van der Waals surface area (Å²) in [5.74, 6) is 1.28. The molecule has 1 aromatic heterocycles. The van der Waals surface area contributed by atoms with Crippen LogP contribution in [0.1, 0.15) is 153 Å². The third-order valence-corrected chi connectivity index (χ3v) is 17.1. The van der Waals surface area contributed by atoms with Gasteiger partial charge < -0.3 is 50.4 Å². The molecule has 5 fully saturated rings. The number of methoxy groups -OCH3 is 2. The maximum Gasteiger partial charge on any atom is 0.407 e. The van der Waals surface area contributed by atoms with E-state index in [-0.39, 0.29) is 71.5 Å². The van der Waals surface area contributed by atoms with Crippen molar-refractivity contribution in [1.82, 2.24) is 30.4 Å². The molecular formula is C56H75N9O6. The van der Waals surface area contributed by atoms with Gasteiger partial charge in [0.25, 0.3) is 0 Å². The number of aromatic amines is 1. The van der Waals surface area contributed by atoms with Crippen molar-refractivity contribution in [3.05, 3.63) is 83.2 Å². The Balaban J connectivity index is 0.934. The van der Waals surface area contributed by atoms with Crippen LogP contribution in [0.15, 0.2) is 60.7 Å². The Morgan fingerprint density at radius 3 is 1.82 bits per heavy atom. The molecule has 11 atom stereocenters. The van der Waals surface area contributed by atoms with Crippen LogP contribution in [-0.4, -0.2) is 94.4 Å². The molecule has 2 saturated carbocycles. The second-order valence-electron chi connectivity index (χ2n) is 23.1. The van der Waals surface area contributed by atoms with E-state index in [9.17, 15) is 19.2 Å². The van der Waals surface area contributed by atoms with E-state index in [0.29, 0.717) is 11.8 Å². The van der Waals surface area contributed by atoms with Gasteiger partial charge in [0.1, 0.15) is 24.1 Å². The Bertz CT molecular complexity index is 2640. The Hall–Kier alpha value is -5.99. The number of imidazole rings is 1. The number of amides is 4. The van der Waals surface area contributed by atoms with Crippen LogP contribution in [-0.2, 0) is 24.5 Å². The number of likely N-dealkylation sites (tertiary alicyclic amines) is 2. The molecule has 5 N–H and O–H groups in total. The lowest BCUT2D eigenvalue weighted by Crippen LogP contribution is -2.58. The van der Waals surface area contributed by atoms with Gasteiger partial charge in [0.05, 0.1) is 60.8 Å². The highest BCUT2D eigenvalue weighted by atomic mass is 16.5. The zero-order valence-electron chi connectivity index (χ0n) is 43.1. The van der Waals surface area contributed by atoms with Crippen molar-refractivity contribution in [3.63, 3.8) is 0 Å². The highest BCUT2D eigenvalue weighted by Gasteiger charge is 2.52. The lowest BCUT2D eigenvalue weighted by atomic mass is 9.87. The van der Waals surface area contributed by atoms with E-state index in [4.69, 9.17) is 14.5 Å². The molecule has 0 spiro atoms. The van der Waals surface area contributed by atoms with Gasteiger partial charge in [-0.25, -0.2) is 14.6 Å². The molecule has 15 heteroatoms. The minimum absolute atomic E-state index is 0.0116. The van der Waals surface area contributed by atoms with Crippen molar-refractivity contribution >= 4 is 52.1 Å². The predicted octanol–water partition coefficient (Wildman–Crippen LogP) is 10.1. The molecule has 0 radical (unpaired) electrons. The molecule has 380 valence electrons. The predicted molar refractivity (Wildman–Crippen MR) is 276 cm³/mol. The fourth-order valence-electron chi connectivity index (χ4n) is 13.5. The van der Waals surface area contributed by atoms with Crippen LogP contribution in [0, 0.1) is 23.7 Å². The van der Waals surface area contributed by atoms with Crippen LogP contribution in [0.25, 0.3) is 11.0 Å². The summed E-state index contributed by atoms with van der Waals surface area (Å²) in [5, 5.41) is 13.3. The number of fused-ring (bicyclic) bond motifs is 4. The van der Waals surface area contributed by atoms with Crippen molar-refractivity contribution in [2.24, 2.45) is 23.7 Å². The number of hydrogen-bond donors (Lipinski definition) is 5. The summed E-state index contributed by atoms with van der Waals surface area (Å²) in [6, 6.07) is 21.2. The fourth-order valence-corrected chi connectivity index (χ4v) is 13.5. The zero-order valence-corrected chi connectivity index (χ0v) is 43.1. The van der Waals surface area contributed by atoms with Gasteiger partial charge in [0.2, 0.25) is 11.8 Å². The molecule has 71 heavy (non-hydrogen) atoms. The molecule has 10 rings (SSSR count). The number of aromatic nitrogens is 2. The number of nitrogens with zero attached hydrogens (tertiary/aromatic N) is 4. The van der Waals surface area contributed by atoms with Crippen molar-refractivity contribution in [3.8, 4) is 0 Å². The Morgan fingerprint density at radius 1 is 0.648 bits per heavy atom. The third kappa shape index (κ3) is 9.04. The molecule has 5 heterocycles. The van der Waals surface area contributed by atoms with Gasteiger partial charge in [-0.05, 0) is 134 Å². The van der Waals surface area contributed by atoms with Gasteiger partial charge in [0.15, 0.2) is 0 Å². The molecule has 4 aromatic rings. The smallest absolute Gasteiger partial charge is 0.407 e. The molecule has 3 unspecified atom stereocenters. The molecule has 4 aliphatic heterocycles. The molecule has 2 aliphatic carbocycles. The van der Waals surface area contributed by atoms with Crippen molar-refractivity contribution < 1.29 is 28.7 Å². The van der Waals surface area contributed by atoms with Crippen LogP contribution in [0.4, 0.5) is 26.7 Å². The number of rotatable bonds is 11. The number of carbonyl (C=O) groups excluding carboxylic acids is 4. The number of alkyl carbamates (subject to hydrolysis) is 2. The molecular weight excluding hydrogens is 895 g/mol. The van der Waals surface area contributed by atoms with Gasteiger partial charge in [-0.2, -0.15) is 0 Å². The highest BCUT2D eigenvalue weighted by molar-refractivity contribution is 5.88. The summed E-state index contributed by atoms with van der Waals surface area (Å²) in [6.45, 7) is 14.6. The average molecular weight is 970 g/mol. The number of hydrogen-bond acceptors (Lipinski definition) is 10. The molecule has 0 bridgehead atoms. The summed E-state index contributed by atoms with van der Waals surface area (Å²) in [5.41, 5.74) is 8.75. The van der Waals surface area contributed by atoms with E-state index in [1.54, 1.807) is 0 Å². The van der Waals surface area contributed by atoms with Crippen LogP contribution in [0.5, 0.6) is 0 Å². The van der Waals surface area contributed by atoms with Gasteiger partial charge in [-0.1, -0.05) is 85.6 Å². The van der Waals surface area contributed by atoms with Crippen molar-refractivity contribution in [2.75, 3.05) is 29.8 Å². The summed E-state index contributed by atoms with van der Waals surface area (Å²) in [6.07, 6.45) is 8.56. The second-order valence-corrected chi connectivity index (χ2v) is 23.1. The summed E-state index contributed by atoms with van der Waals surface area (Å²) in [7, 11) is 2.66. The molecule has 4 amide bonds. The highest BCUT2D eigenvalue weighted by Crippen LogP contribution is 2.51. The minimum atomic E-state index is -0.702. The maximum atomic E-state index is 14.5. The lowest BCUT2D eigenvalue weighted by molar-refractivity contribution is -0.138. The van der Waals surface area contributed by atoms with E-state index in [1.807, 2.05) is 32.6 Å². The van der Waals surface area contributed by atoms with E-state index < -0.39 is 24.3 Å². The molecule has 6 aliphatic rings. The first-order valence-corrected chi connectivity index (χ1v) is 26.4. The van der Waals surface area contributed by atoms with E-state index in [0.717, 1.165) is 98.1 Å². The van der Waals surface area contributed by atoms with Crippen LogP contribution < -0.4 is 26.2 Å². The Kier molecular flexibility index (Phi) is 13.2. The van der Waals surface area contributed by atoms with E-state index in [1.165, 1.54) is 30.9 Å². The SMILES string of the molecule is COC(=O)N[C@H](C(=O)N1C(c2nc3cc([C@H]4CCC(c5ccc6c(c5)NC([C@@H]5C[C@@H]7CCC[C@@H]7N5C(=O)[C@@H](NC(=O)OC)C(C)C)N6)N4c4ccc(C(C)(C)C)cc4)ccc3[nH]2)C[C@@H]2CCC[C@@H]21)C(C)C. The quantitative estimate of drug-likeness (QED) is 0.0974. The number of nitrogens with one attached hydrogen (secondary N) is 5. The Labute approximate surface area is 418 Å². The first-order valence-electron chi connectivity index (χ1n) is 26.4. The average Bonchev–Trinajstić information content (AvgIpc) is 4.21. The second kappa shape index (κ2) is 19.2. The minimum Gasteiger partial charge on any atom is -0.453 e. The number of benzene rings is 3. The van der Waals surface area contributed by atoms with Crippen LogP contribution >= 0.6 is 0 Å². The fraction of sp³-hybridized carbons (Fsp3) is 0.589. The monoisotopic (exact) mass is 970 g/mol. The lowest BCUT2D eigenvalue weighted by Gasteiger charge is -2.37. The normalized spacial score (nSPS) is 27.6. The zero-order chi connectivity index (χ0) is 50.0. The third-order valence-electron chi connectivity index (χ3n) is 17.1. The summed E-state index contributed by atoms with van der Waals surface area (Å²) >= 11 is 0. The first kappa shape index (κ1) is 48.6. The number of ether oxygens (including phenoxy) is 2. The van der Waals surface area contributed by atoms with E-state index in [2.05, 4.69) is 117 Å². The largest absolute Gasteiger partial charge is 0.453 e. The standard InChI is InChI=1S/C56H75N9O6/c1-30(2)48(61-54(68)70-8)52(66)64-42-14-10-12-32(42)28-46(64)50-57-38-22-16-34(26-40(38)59-50)44-24-25-45(63(44)37-20-18-36(19-21-37)56(5,6)7)35-17-23-39-41(27-35)60-51(58-39)47-29-33-13-11-15-43(33)65(47)53(67)49(31(3)4)62-55(69)71-9/h16-23,26-27,30-33,42-50,57,59H,10-15,24-25,28-29H2,1-9H3,(H,58,60)(H,61,68)(H,62,69)/t32-,33-,42-,43-,44?,45+,46-,47?,48-,49-,50?/m0/s1. The van der Waals surface area contributed by atoms with Crippen molar-refractivity contribution in [2.45, 2.75) is 173 Å². The number of carbonyl (C=O) groups is 4. The molecule has 15 nitrogen and oxygen atoms in total. The summed E-state index contributed by atoms with van der Waals surface area (Å²) in [4.78, 5) is 69.5. The summed E-state index contributed by atoms with van der Waals surface area (Å²) < 4.78 is 9.87. The van der Waals surface area contributed by atoms with Gasteiger partial charge in [0, 0.05) is 17.8 Å². The topological polar surface area (TPSA) is 173 Å². The number of anilines is 3. The van der Waals surface area contributed by atoms with Gasteiger partial charge in [-0.3, -0.25) is 9.59 Å². The van der Waals surface area contributed by atoms with Gasteiger partial charge >= 0.3 is 12.2 Å². The van der Waals surface area contributed by atoms with Gasteiger partial charge in [-0.15, -0.1) is 0 Å². The van der Waals surface area contributed by atoms with Crippen LogP contribution in [0.3, 0.4) is 0 Å². The van der Waals surface area contributed by atoms with Crippen LogP contribution in [0.2, 0.25) is 0 Å². The maximum absolute atomic E-state index is 14.5. The van der Waals surface area contributed by atoms with Crippen molar-refractivity contribution in [1.29, 1.82) is 0 Å². The Morgan fingerprint density at radius 2 is 1.21 bits per heavy atom. The number of H-pyrrole nitrogens is 1. The first-order chi connectivity index (χ1) is 34.0. The molecule has 3 aromatic carbocycles. The van der Waals surface area contributed by atoms with E-state index >= 15 is 0 Å². The molecule has 3 saturated heterocycles.